The van der Waals surface area contributed by atoms with Crippen molar-refractivity contribution < 1.29 is 14.7 Å². The van der Waals surface area contributed by atoms with Crippen molar-refractivity contribution in [2.45, 2.75) is 39.2 Å². The molecule has 1 aliphatic carbocycles. The smallest absolute Gasteiger partial charge is 0.338 e. The Morgan fingerprint density at radius 1 is 1.45 bits per heavy atom. The van der Waals surface area contributed by atoms with Gasteiger partial charge in [-0.2, -0.15) is 0 Å². The molecule has 1 amide bonds. The van der Waals surface area contributed by atoms with Crippen molar-refractivity contribution in [3.8, 4) is 0 Å². The van der Waals surface area contributed by atoms with Gasteiger partial charge in [0.1, 0.15) is 5.69 Å². The van der Waals surface area contributed by atoms with Crippen LogP contribution in [0.3, 0.4) is 0 Å². The number of aromatic nitrogens is 1. The lowest BCUT2D eigenvalue weighted by Crippen LogP contribution is -2.38. The number of pyridine rings is 1. The molecule has 20 heavy (non-hydrogen) atoms. The second kappa shape index (κ2) is 6.03. The fourth-order valence-corrected chi connectivity index (χ4v) is 3.02. The summed E-state index contributed by atoms with van der Waals surface area (Å²) in [6, 6.07) is 3.03. The first-order valence-corrected chi connectivity index (χ1v) is 7.03. The molecule has 5 heteroatoms. The van der Waals surface area contributed by atoms with E-state index in [2.05, 4.69) is 24.1 Å². The molecule has 5 nitrogen and oxygen atoms in total. The van der Waals surface area contributed by atoms with Crippen LogP contribution in [0.15, 0.2) is 18.3 Å². The number of nitrogens with zero attached hydrogens (tertiary/aromatic N) is 1. The number of carbonyl (C=O) groups is 2. The highest BCUT2D eigenvalue weighted by molar-refractivity contribution is 6.03. The van der Waals surface area contributed by atoms with E-state index in [1.54, 1.807) is 0 Å². The van der Waals surface area contributed by atoms with Crippen LogP contribution in [0.5, 0.6) is 0 Å². The molecule has 0 saturated heterocycles. The van der Waals surface area contributed by atoms with E-state index in [0.29, 0.717) is 11.8 Å². The van der Waals surface area contributed by atoms with Crippen LogP contribution in [-0.2, 0) is 0 Å². The zero-order valence-corrected chi connectivity index (χ0v) is 11.8. The molecule has 1 aromatic heterocycles. The Morgan fingerprint density at radius 2 is 2.20 bits per heavy atom. The first kappa shape index (κ1) is 14.5. The third kappa shape index (κ3) is 2.81. The summed E-state index contributed by atoms with van der Waals surface area (Å²) in [5, 5.41) is 12.0. The largest absolute Gasteiger partial charge is 0.478 e. The summed E-state index contributed by atoms with van der Waals surface area (Å²) < 4.78 is 0. The van der Waals surface area contributed by atoms with E-state index in [-0.39, 0.29) is 17.3 Å². The number of carboxylic acid groups (broad SMARTS) is 1. The van der Waals surface area contributed by atoms with Gasteiger partial charge in [0, 0.05) is 12.2 Å². The number of hydrogen-bond acceptors (Lipinski definition) is 3. The van der Waals surface area contributed by atoms with Crippen LogP contribution in [0.25, 0.3) is 0 Å². The second-order valence-electron chi connectivity index (χ2n) is 5.39. The number of aromatic carboxylic acids is 1. The monoisotopic (exact) mass is 276 g/mol. The van der Waals surface area contributed by atoms with Gasteiger partial charge in [-0.1, -0.05) is 20.3 Å². The van der Waals surface area contributed by atoms with Gasteiger partial charge in [-0.05, 0) is 36.8 Å². The fourth-order valence-electron chi connectivity index (χ4n) is 3.02. The summed E-state index contributed by atoms with van der Waals surface area (Å²) >= 11 is 0. The normalized spacial score (nSPS) is 25.4. The molecule has 0 radical (unpaired) electrons. The summed E-state index contributed by atoms with van der Waals surface area (Å²) in [4.78, 5) is 27.2. The highest BCUT2D eigenvalue weighted by atomic mass is 16.4. The van der Waals surface area contributed by atoms with Crippen molar-refractivity contribution in [2.75, 3.05) is 0 Å². The maximum absolute atomic E-state index is 12.2. The predicted octanol–water partition coefficient (Wildman–Crippen LogP) is 2.33. The average molecular weight is 276 g/mol. The molecule has 0 aliphatic heterocycles. The summed E-state index contributed by atoms with van der Waals surface area (Å²) in [5.74, 6) is -0.477. The number of rotatable bonds is 4. The molecule has 1 aromatic rings. The summed E-state index contributed by atoms with van der Waals surface area (Å²) in [6.07, 6.45) is 4.60. The lowest BCUT2D eigenvalue weighted by atomic mass is 9.93. The van der Waals surface area contributed by atoms with E-state index in [0.717, 1.165) is 19.3 Å². The molecule has 3 unspecified atom stereocenters. The Morgan fingerprint density at radius 3 is 2.80 bits per heavy atom. The Hall–Kier alpha value is -1.91. The van der Waals surface area contributed by atoms with Crippen molar-refractivity contribution in [1.29, 1.82) is 0 Å². The zero-order valence-electron chi connectivity index (χ0n) is 11.8. The Balaban J connectivity index is 2.12. The minimum atomic E-state index is -1.13. The zero-order chi connectivity index (χ0) is 14.7. The molecule has 0 bridgehead atoms. The van der Waals surface area contributed by atoms with Gasteiger partial charge in [0.2, 0.25) is 0 Å². The number of hydrogen-bond donors (Lipinski definition) is 2. The maximum Gasteiger partial charge on any atom is 0.338 e. The molecule has 0 aromatic carbocycles. The molecule has 1 aliphatic rings. The number of carbonyl (C=O) groups excluding carboxylic acids is 1. The van der Waals surface area contributed by atoms with E-state index in [9.17, 15) is 9.59 Å². The lowest BCUT2D eigenvalue weighted by molar-refractivity contribution is 0.0689. The number of nitrogens with one attached hydrogen (secondary N) is 1. The van der Waals surface area contributed by atoms with Gasteiger partial charge >= 0.3 is 5.97 Å². The third-order valence-electron chi connectivity index (χ3n) is 4.32. The van der Waals surface area contributed by atoms with Crippen LogP contribution < -0.4 is 5.32 Å². The highest BCUT2D eigenvalue weighted by Crippen LogP contribution is 2.33. The minimum Gasteiger partial charge on any atom is -0.478 e. The molecule has 2 N–H and O–H groups in total. The van der Waals surface area contributed by atoms with Gasteiger partial charge < -0.3 is 10.4 Å². The molecule has 0 spiro atoms. The molecule has 1 fully saturated rings. The average Bonchev–Trinajstić information content (AvgIpc) is 2.79. The van der Waals surface area contributed by atoms with Gasteiger partial charge in [-0.3, -0.25) is 9.78 Å². The lowest BCUT2D eigenvalue weighted by Gasteiger charge is -2.21. The van der Waals surface area contributed by atoms with Gasteiger partial charge in [-0.25, -0.2) is 4.79 Å². The Labute approximate surface area is 118 Å². The molecular formula is C15H20N2O3. The van der Waals surface area contributed by atoms with Gasteiger partial charge in [0.05, 0.1) is 5.56 Å². The standard InChI is InChI=1S/C15H20N2O3/c1-3-10-6-7-12(9(10)2)17-14(18)13-11(15(19)20)5-4-8-16-13/h4-5,8-10,12H,3,6-7H2,1-2H3,(H,17,18)(H,19,20). The van der Waals surface area contributed by atoms with Gasteiger partial charge in [-0.15, -0.1) is 0 Å². The molecule has 2 rings (SSSR count). The van der Waals surface area contributed by atoms with Crippen molar-refractivity contribution in [2.24, 2.45) is 11.8 Å². The van der Waals surface area contributed by atoms with E-state index in [4.69, 9.17) is 5.11 Å². The van der Waals surface area contributed by atoms with Gasteiger partial charge in [0.15, 0.2) is 0 Å². The SMILES string of the molecule is CCC1CCC(NC(=O)c2ncccc2C(=O)O)C1C. The van der Waals surface area contributed by atoms with E-state index in [1.165, 1.54) is 18.3 Å². The molecule has 1 heterocycles. The molecule has 3 atom stereocenters. The van der Waals surface area contributed by atoms with Crippen LogP contribution in [0.4, 0.5) is 0 Å². The number of amides is 1. The van der Waals surface area contributed by atoms with Crippen molar-refractivity contribution in [1.82, 2.24) is 10.3 Å². The van der Waals surface area contributed by atoms with Crippen molar-refractivity contribution >= 4 is 11.9 Å². The number of carboxylic acids is 1. The van der Waals surface area contributed by atoms with E-state index in [1.807, 2.05) is 0 Å². The quantitative estimate of drug-likeness (QED) is 0.884. The highest BCUT2D eigenvalue weighted by Gasteiger charge is 2.33. The Kier molecular flexibility index (Phi) is 4.37. The summed E-state index contributed by atoms with van der Waals surface area (Å²) in [6.45, 7) is 4.30. The molecular weight excluding hydrogens is 256 g/mol. The van der Waals surface area contributed by atoms with Gasteiger partial charge in [0.25, 0.3) is 5.91 Å². The van der Waals surface area contributed by atoms with Crippen LogP contribution in [0.1, 0.15) is 54.0 Å². The predicted molar refractivity (Wildman–Crippen MR) is 74.6 cm³/mol. The first-order chi connectivity index (χ1) is 9.54. The van der Waals surface area contributed by atoms with E-state index < -0.39 is 11.9 Å². The maximum atomic E-state index is 12.2. The second-order valence-corrected chi connectivity index (χ2v) is 5.39. The van der Waals surface area contributed by atoms with Crippen molar-refractivity contribution in [3.63, 3.8) is 0 Å². The van der Waals surface area contributed by atoms with Crippen molar-refractivity contribution in [3.05, 3.63) is 29.6 Å². The summed E-state index contributed by atoms with van der Waals surface area (Å²) in [5.41, 5.74) is -0.0603. The third-order valence-corrected chi connectivity index (χ3v) is 4.32. The van der Waals surface area contributed by atoms with Crippen LogP contribution >= 0.6 is 0 Å². The Bertz CT molecular complexity index is 516. The minimum absolute atomic E-state index is 0.00727. The fraction of sp³-hybridized carbons (Fsp3) is 0.533. The van der Waals surface area contributed by atoms with Crippen LogP contribution in [-0.4, -0.2) is 28.0 Å². The van der Waals surface area contributed by atoms with Crippen LogP contribution in [0, 0.1) is 11.8 Å². The molecule has 1 saturated carbocycles. The van der Waals surface area contributed by atoms with E-state index >= 15 is 0 Å². The molecule has 108 valence electrons. The van der Waals surface area contributed by atoms with Crippen LogP contribution in [0.2, 0.25) is 0 Å². The first-order valence-electron chi connectivity index (χ1n) is 7.03. The summed E-state index contributed by atoms with van der Waals surface area (Å²) in [7, 11) is 0. The topological polar surface area (TPSA) is 79.3 Å².